The number of nitrogens with zero attached hydrogens (tertiary/aromatic N) is 3. The second-order valence-electron chi connectivity index (χ2n) is 13.3. The van der Waals surface area contributed by atoms with Gasteiger partial charge < -0.3 is 9.30 Å². The number of fused-ring (bicyclic) bond motifs is 10. The van der Waals surface area contributed by atoms with Crippen LogP contribution in [-0.2, 0) is 10.8 Å². The summed E-state index contributed by atoms with van der Waals surface area (Å²) in [5.41, 5.74) is 11.8. The number of nitriles is 2. The molecule has 0 saturated carbocycles. The molecule has 0 amide bonds. The van der Waals surface area contributed by atoms with Crippen LogP contribution in [-0.4, -0.2) is 10.7 Å². The van der Waals surface area contributed by atoms with Crippen molar-refractivity contribution in [2.45, 2.75) is 37.7 Å². The smallest absolute Gasteiger partial charge is 0.132 e. The van der Waals surface area contributed by atoms with Crippen molar-refractivity contribution in [1.82, 2.24) is 4.57 Å². The number of hydrogen-bond donors (Lipinski definition) is 0. The molecular formula is C42H29N3O. The van der Waals surface area contributed by atoms with Gasteiger partial charge in [-0.3, -0.25) is 0 Å². The zero-order chi connectivity index (χ0) is 31.4. The van der Waals surface area contributed by atoms with Gasteiger partial charge in [0, 0.05) is 32.9 Å². The summed E-state index contributed by atoms with van der Waals surface area (Å²) in [6.07, 6.45) is 6.53. The SMILES string of the molecule is CC1(C)c2ccccc2-c2c1ccc1c2OC2C=CC(c3cccc(C#N)c3-n3c4ccccc4c4cc(C#N)ccc43)=CC12C. The van der Waals surface area contributed by atoms with E-state index in [-0.39, 0.29) is 11.5 Å². The molecule has 4 heteroatoms. The molecule has 6 aromatic rings. The van der Waals surface area contributed by atoms with Gasteiger partial charge in [0.2, 0.25) is 0 Å². The van der Waals surface area contributed by atoms with Crippen LogP contribution in [0.3, 0.4) is 0 Å². The predicted octanol–water partition coefficient (Wildman–Crippen LogP) is 9.51. The second kappa shape index (κ2) is 9.10. The molecule has 0 fully saturated rings. The van der Waals surface area contributed by atoms with Crippen LogP contribution >= 0.6 is 0 Å². The van der Waals surface area contributed by atoms with E-state index < -0.39 is 5.41 Å². The minimum atomic E-state index is -0.404. The standard InChI is InChI=1S/C42H29N3O/c1-41(2)32-13-6-4-11-30(32)38-33(41)17-18-34-40(38)46-37-20-16-26(22-42(34,37)3)28-12-8-9-27(24-44)39(28)45-35-14-7-5-10-29(35)31-21-25(23-43)15-19-36(31)45/h4-22,37H,1-3H3. The monoisotopic (exact) mass is 591 g/mol. The molecule has 2 heterocycles. The number of allylic oxidation sites excluding steroid dienone is 2. The molecule has 2 aliphatic carbocycles. The highest BCUT2D eigenvalue weighted by Crippen LogP contribution is 2.58. The van der Waals surface area contributed by atoms with Crippen molar-refractivity contribution in [3.8, 4) is 34.7 Å². The van der Waals surface area contributed by atoms with E-state index in [1.54, 1.807) is 0 Å². The van der Waals surface area contributed by atoms with Gasteiger partial charge >= 0.3 is 0 Å². The largest absolute Gasteiger partial charge is 0.484 e. The van der Waals surface area contributed by atoms with Crippen molar-refractivity contribution < 1.29 is 4.74 Å². The topological polar surface area (TPSA) is 61.7 Å². The normalized spacial score (nSPS) is 19.8. The van der Waals surface area contributed by atoms with E-state index in [9.17, 15) is 10.5 Å². The molecule has 9 rings (SSSR count). The maximum atomic E-state index is 10.4. The first kappa shape index (κ1) is 26.6. The fourth-order valence-corrected chi connectivity index (χ4v) is 8.23. The summed E-state index contributed by atoms with van der Waals surface area (Å²) in [5.74, 6) is 0.979. The Kier molecular flexibility index (Phi) is 5.25. The quantitative estimate of drug-likeness (QED) is 0.201. The van der Waals surface area contributed by atoms with Gasteiger partial charge in [0.25, 0.3) is 0 Å². The van der Waals surface area contributed by atoms with Crippen molar-refractivity contribution >= 4 is 27.4 Å². The van der Waals surface area contributed by atoms with Crippen LogP contribution in [0.25, 0.3) is 44.2 Å². The lowest BCUT2D eigenvalue weighted by Gasteiger charge is -2.30. The Bertz CT molecular complexity index is 2480. The van der Waals surface area contributed by atoms with Crippen molar-refractivity contribution in [1.29, 1.82) is 10.5 Å². The first-order chi connectivity index (χ1) is 22.3. The molecule has 0 bridgehead atoms. The summed E-state index contributed by atoms with van der Waals surface area (Å²) in [7, 11) is 0. The first-order valence-corrected chi connectivity index (χ1v) is 15.7. The Morgan fingerprint density at radius 2 is 1.48 bits per heavy atom. The highest BCUT2D eigenvalue weighted by Gasteiger charge is 2.48. The Balaban J connectivity index is 1.27. The molecule has 2 unspecified atom stereocenters. The van der Waals surface area contributed by atoms with Gasteiger partial charge in [-0.2, -0.15) is 10.5 Å². The highest BCUT2D eigenvalue weighted by molar-refractivity contribution is 6.10. The maximum absolute atomic E-state index is 10.4. The Labute approximate surface area is 267 Å². The average molecular weight is 592 g/mol. The zero-order valence-electron chi connectivity index (χ0n) is 25.8. The molecule has 5 aromatic carbocycles. The van der Waals surface area contributed by atoms with Crippen LogP contribution in [0, 0.1) is 22.7 Å². The van der Waals surface area contributed by atoms with Crippen molar-refractivity contribution in [2.24, 2.45) is 0 Å². The maximum Gasteiger partial charge on any atom is 0.132 e. The van der Waals surface area contributed by atoms with Gasteiger partial charge in [-0.05, 0) is 65.6 Å². The van der Waals surface area contributed by atoms with E-state index in [2.05, 4.69) is 110 Å². The van der Waals surface area contributed by atoms with Crippen LogP contribution in [0.5, 0.6) is 5.75 Å². The van der Waals surface area contributed by atoms with Gasteiger partial charge in [0.05, 0.1) is 39.3 Å². The number of rotatable bonds is 2. The van der Waals surface area contributed by atoms with E-state index in [1.807, 2.05) is 42.5 Å². The third-order valence-electron chi connectivity index (χ3n) is 10.5. The average Bonchev–Trinajstić information content (AvgIpc) is 3.66. The Morgan fingerprint density at radius 1 is 0.717 bits per heavy atom. The molecule has 4 nitrogen and oxygen atoms in total. The number of aromatic nitrogens is 1. The van der Waals surface area contributed by atoms with Crippen molar-refractivity contribution in [2.75, 3.05) is 0 Å². The molecule has 1 aromatic heterocycles. The molecule has 0 radical (unpaired) electrons. The van der Waals surface area contributed by atoms with E-state index in [1.165, 1.54) is 27.8 Å². The molecule has 1 aliphatic heterocycles. The van der Waals surface area contributed by atoms with E-state index in [0.717, 1.165) is 44.4 Å². The molecule has 0 saturated heterocycles. The van der Waals surface area contributed by atoms with E-state index in [0.29, 0.717) is 11.1 Å². The van der Waals surface area contributed by atoms with Gasteiger partial charge in [0.15, 0.2) is 0 Å². The number of para-hydroxylation sites is 2. The van der Waals surface area contributed by atoms with Crippen LogP contribution in [0.15, 0.2) is 115 Å². The van der Waals surface area contributed by atoms with E-state index >= 15 is 0 Å². The summed E-state index contributed by atoms with van der Waals surface area (Å²) < 4.78 is 9.05. The molecule has 3 aliphatic rings. The lowest BCUT2D eigenvalue weighted by molar-refractivity contribution is 0.229. The molecular weight excluding hydrogens is 562 g/mol. The van der Waals surface area contributed by atoms with Crippen molar-refractivity contribution in [3.63, 3.8) is 0 Å². The minimum absolute atomic E-state index is 0.0984. The third-order valence-corrected chi connectivity index (χ3v) is 10.5. The zero-order valence-corrected chi connectivity index (χ0v) is 25.8. The van der Waals surface area contributed by atoms with E-state index in [4.69, 9.17) is 4.74 Å². The first-order valence-electron chi connectivity index (χ1n) is 15.7. The number of ether oxygens (including phenoxy) is 1. The Morgan fingerprint density at radius 3 is 2.33 bits per heavy atom. The molecule has 0 spiro atoms. The summed E-state index contributed by atoms with van der Waals surface area (Å²) in [4.78, 5) is 0. The van der Waals surface area contributed by atoms with Crippen LogP contribution in [0.1, 0.15) is 54.2 Å². The Hall–Kier alpha value is -5.84. The van der Waals surface area contributed by atoms with Gasteiger partial charge in [0.1, 0.15) is 17.9 Å². The molecule has 2 atom stereocenters. The van der Waals surface area contributed by atoms with Crippen LogP contribution < -0.4 is 4.74 Å². The third kappa shape index (κ3) is 3.31. The number of benzene rings is 5. The van der Waals surface area contributed by atoms with Gasteiger partial charge in [-0.1, -0.05) is 92.7 Å². The van der Waals surface area contributed by atoms with Gasteiger partial charge in [-0.25, -0.2) is 0 Å². The highest BCUT2D eigenvalue weighted by atomic mass is 16.5. The lowest BCUT2D eigenvalue weighted by Crippen LogP contribution is -2.33. The van der Waals surface area contributed by atoms with Crippen LogP contribution in [0.2, 0.25) is 0 Å². The minimum Gasteiger partial charge on any atom is -0.484 e. The lowest BCUT2D eigenvalue weighted by atomic mass is 9.73. The van der Waals surface area contributed by atoms with Crippen molar-refractivity contribution in [3.05, 3.63) is 149 Å². The summed E-state index contributed by atoms with van der Waals surface area (Å²) in [6.45, 7) is 6.86. The molecule has 218 valence electrons. The summed E-state index contributed by atoms with van der Waals surface area (Å²) >= 11 is 0. The fraction of sp³-hybridized carbons (Fsp3) is 0.143. The predicted molar refractivity (Wildman–Crippen MR) is 183 cm³/mol. The number of hydrogen-bond acceptors (Lipinski definition) is 3. The molecule has 0 N–H and O–H groups in total. The summed E-state index contributed by atoms with van der Waals surface area (Å²) in [6, 6.07) is 38.0. The van der Waals surface area contributed by atoms with Crippen LogP contribution in [0.4, 0.5) is 0 Å². The molecule has 46 heavy (non-hydrogen) atoms. The summed E-state index contributed by atoms with van der Waals surface area (Å²) in [5, 5.41) is 22.1. The van der Waals surface area contributed by atoms with Gasteiger partial charge in [-0.15, -0.1) is 0 Å². The second-order valence-corrected chi connectivity index (χ2v) is 13.3. The fourth-order valence-electron chi connectivity index (χ4n) is 8.23.